The lowest BCUT2D eigenvalue weighted by molar-refractivity contribution is -0.144. The van der Waals surface area contributed by atoms with Crippen molar-refractivity contribution < 1.29 is 143 Å². The zero-order valence-corrected chi connectivity index (χ0v) is 70.4. The summed E-state index contributed by atoms with van der Waals surface area (Å²) in [5.41, 5.74) is -6.44. The molecule has 9 aromatic rings. The fourth-order valence-electron chi connectivity index (χ4n) is 15.2. The van der Waals surface area contributed by atoms with Gasteiger partial charge in [0.1, 0.15) is 35.3 Å². The smallest absolute Gasteiger partial charge is 0.416 e. The van der Waals surface area contributed by atoms with Crippen LogP contribution >= 0.6 is 0 Å². The van der Waals surface area contributed by atoms with E-state index in [9.17, 15) is 125 Å². The van der Waals surface area contributed by atoms with Crippen LogP contribution in [-0.2, 0) is 78.5 Å². The quantitative estimate of drug-likeness (QED) is 0.0502. The van der Waals surface area contributed by atoms with Crippen molar-refractivity contribution in [1.29, 1.82) is 5.26 Å². The number of alkyl halides is 24. The molecule has 38 heteroatoms. The molecule has 2 fully saturated rings. The third kappa shape index (κ3) is 22.6. The predicted octanol–water partition coefficient (Wildman–Crippen LogP) is 27.6. The number of benzene rings is 9. The largest absolute Gasteiger partial charge is 0.496 e. The second-order valence-corrected chi connectivity index (χ2v) is 31.7. The van der Waals surface area contributed by atoms with Gasteiger partial charge in [-0.1, -0.05) is 83.5 Å². The standard InChI is InChI=1S/C31H30F6N4O.C30H25F10NO3.C30H26F9NO3/c1-17(2)20-6-9-27(42-5)26(14-20)25-8-7-23(30(32,33)34)13-22(25)15-41-19(4)28(40-29(41)39-16-38)21-10-18(3)11-24(12-21)31(35,36)37;1-14(2)21-11-22(25(43-4)12-24(21)31)20-6-5-17(28(32,33)34)10-23(20)26-15(3)41(27(42)44-26)13-16-7-18(29(35,36)37)9-19(8-16)30(38,39)40;1-15(2)18-5-8-25(42-4)23(11-18)22-7-6-19(28(31,32)33)13-24(22)26-16(3)40(27(41)43-26)14-17-9-20(29(34,35)36)12-21(10-17)30(37,38)39/h6-14,17,19,28H,15H2,1-5H3,(H,39,40);5-12,14-15,26H,13H2,1-4H3;5-13,15-16,26H,14H2,1-4H3/t19-,28-;15-,26+;16-,26?/m010/s1. The van der Waals surface area contributed by atoms with Crippen LogP contribution in [0.5, 0.6) is 17.2 Å². The van der Waals surface area contributed by atoms with Crippen molar-refractivity contribution in [2.75, 3.05) is 21.3 Å². The van der Waals surface area contributed by atoms with Crippen LogP contribution in [0.3, 0.4) is 0 Å². The van der Waals surface area contributed by atoms with E-state index in [2.05, 4.69) is 10.3 Å². The number of hydrogen-bond donors (Lipinski definition) is 1. The number of methoxy groups -OCH3 is 3. The average Bonchev–Trinajstić information content (AvgIpc) is 1.67. The first-order valence-corrected chi connectivity index (χ1v) is 39.2. The van der Waals surface area contributed by atoms with Crippen molar-refractivity contribution in [1.82, 2.24) is 20.0 Å². The first-order valence-electron chi connectivity index (χ1n) is 39.2. The Morgan fingerprint density at radius 1 is 0.395 bits per heavy atom. The molecule has 0 aromatic heterocycles. The van der Waals surface area contributed by atoms with Crippen molar-refractivity contribution in [3.8, 4) is 56.8 Å². The molecule has 2 saturated heterocycles. The van der Waals surface area contributed by atoms with Crippen molar-refractivity contribution in [2.45, 2.75) is 192 Å². The van der Waals surface area contributed by atoms with E-state index < -0.39 is 173 Å². The summed E-state index contributed by atoms with van der Waals surface area (Å²) in [6.45, 7) is 15.6. The van der Waals surface area contributed by atoms with Gasteiger partial charge in [0.2, 0.25) is 5.96 Å². The number of amides is 2. The number of rotatable bonds is 18. The average molecular weight is 1850 g/mol. The molecule has 692 valence electrons. The molecule has 129 heavy (non-hydrogen) atoms. The van der Waals surface area contributed by atoms with E-state index in [1.807, 2.05) is 39.8 Å². The molecule has 0 spiro atoms. The highest BCUT2D eigenvalue weighted by atomic mass is 19.4. The van der Waals surface area contributed by atoms with Gasteiger partial charge in [0.25, 0.3) is 0 Å². The molecule has 12 rings (SSSR count). The SMILES string of the molecule is COc1cc(F)c(C(C)C)cc1-c1ccc(C(F)(F)F)cc1[C@H]1OC(=O)N(Cc2cc(C(F)(F)F)cc(C(F)(F)F)c2)[C@@H]1C.COc1ccc(C(C)C)cc1-c1ccc(C(F)(F)F)cc1C1OC(=O)N(Cc2cc(C(F)(F)F)cc(C(F)(F)F)c2)[C@H]1C.COc1ccc(C(C)C)cc1-c1ccc(C(F)(F)F)cc1CN1C(NC#N)=N[C@H](c2cc(C)cc(C(F)(F)F)c2)[C@@H]1C. The maximum atomic E-state index is 14.7. The van der Waals surface area contributed by atoms with Gasteiger partial charge in [-0.15, -0.1) is 0 Å². The molecular formula is C91H81F25N6O7. The summed E-state index contributed by atoms with van der Waals surface area (Å²) in [5, 5.41) is 11.9. The van der Waals surface area contributed by atoms with Crippen molar-refractivity contribution in [3.63, 3.8) is 0 Å². The van der Waals surface area contributed by atoms with E-state index in [-0.39, 0.29) is 92.6 Å². The van der Waals surface area contributed by atoms with Gasteiger partial charge in [0.15, 0.2) is 6.19 Å². The minimum Gasteiger partial charge on any atom is -0.496 e. The third-order valence-corrected chi connectivity index (χ3v) is 21.9. The highest BCUT2D eigenvalue weighted by Crippen LogP contribution is 2.51. The number of nitrogens with zero attached hydrogens (tertiary/aromatic N) is 5. The van der Waals surface area contributed by atoms with E-state index in [0.717, 1.165) is 81.6 Å². The van der Waals surface area contributed by atoms with E-state index >= 15 is 0 Å². The summed E-state index contributed by atoms with van der Waals surface area (Å²) in [5.74, 6) is 0.0168. The van der Waals surface area contributed by atoms with E-state index in [1.54, 1.807) is 69.1 Å². The van der Waals surface area contributed by atoms with Crippen LogP contribution in [0.2, 0.25) is 0 Å². The molecule has 3 aliphatic heterocycles. The number of guanidine groups is 1. The number of aliphatic imine (C=N–C) groups is 1. The number of nitriles is 1. The number of ether oxygens (including phenoxy) is 5. The highest BCUT2D eigenvalue weighted by Gasteiger charge is 2.48. The van der Waals surface area contributed by atoms with E-state index in [4.69, 9.17) is 23.7 Å². The third-order valence-electron chi connectivity index (χ3n) is 21.9. The Labute approximate surface area is 723 Å². The van der Waals surface area contributed by atoms with Crippen LogP contribution < -0.4 is 19.5 Å². The number of nitrogens with one attached hydrogen (secondary N) is 1. The Bertz CT molecular complexity index is 5640. The summed E-state index contributed by atoms with van der Waals surface area (Å²) in [6, 6.07) is 23.9. The van der Waals surface area contributed by atoms with Gasteiger partial charge >= 0.3 is 61.6 Å². The molecule has 6 atom stereocenters. The number of cyclic esters (lactones) is 2. The number of halogens is 25. The molecule has 13 nitrogen and oxygen atoms in total. The molecule has 0 bridgehead atoms. The lowest BCUT2D eigenvalue weighted by Crippen LogP contribution is -2.40. The topological polar surface area (TPSA) is 138 Å². The molecule has 9 aromatic carbocycles. The minimum atomic E-state index is -5.13. The monoisotopic (exact) mass is 1840 g/mol. The van der Waals surface area contributed by atoms with Crippen molar-refractivity contribution in [2.24, 2.45) is 4.99 Å². The maximum absolute atomic E-state index is 14.7. The normalized spacial score (nSPS) is 17.7. The Kier molecular flexibility index (Phi) is 28.8. The van der Waals surface area contributed by atoms with Gasteiger partial charge in [0.05, 0.1) is 90.0 Å². The molecule has 0 radical (unpaired) electrons. The number of aryl methyl sites for hydroxylation is 1. The van der Waals surface area contributed by atoms with Gasteiger partial charge in [-0.3, -0.25) is 15.1 Å². The van der Waals surface area contributed by atoms with Gasteiger partial charge in [-0.05, 0) is 216 Å². The van der Waals surface area contributed by atoms with Crippen LogP contribution in [0, 0.1) is 24.2 Å². The molecule has 0 aliphatic carbocycles. The fraction of sp³-hybridized carbons (Fsp3) is 0.363. The molecular weight excluding hydrogens is 1760 g/mol. The van der Waals surface area contributed by atoms with Gasteiger partial charge in [-0.2, -0.15) is 111 Å². The molecule has 3 heterocycles. The first-order chi connectivity index (χ1) is 59.7. The summed E-state index contributed by atoms with van der Waals surface area (Å²) in [4.78, 5) is 33.7. The van der Waals surface area contributed by atoms with Crippen LogP contribution in [-0.4, -0.2) is 72.3 Å². The molecule has 0 saturated carbocycles. The summed E-state index contributed by atoms with van der Waals surface area (Å²) < 4.78 is 368. The summed E-state index contributed by atoms with van der Waals surface area (Å²) >= 11 is 0. The molecule has 2 amide bonds. The second kappa shape index (κ2) is 37.6. The summed E-state index contributed by atoms with van der Waals surface area (Å²) in [6.07, 6.45) is -42.6. The van der Waals surface area contributed by atoms with Gasteiger partial charge in [0, 0.05) is 53.5 Å². The van der Waals surface area contributed by atoms with Crippen LogP contribution in [0.15, 0.2) is 163 Å². The Hall–Kier alpha value is -12.1. The fourth-order valence-corrected chi connectivity index (χ4v) is 15.2. The van der Waals surface area contributed by atoms with Crippen LogP contribution in [0.25, 0.3) is 33.4 Å². The van der Waals surface area contributed by atoms with Crippen LogP contribution in [0.4, 0.5) is 119 Å². The molecule has 3 aliphatic rings. The van der Waals surface area contributed by atoms with E-state index in [0.29, 0.717) is 58.0 Å². The highest BCUT2D eigenvalue weighted by molar-refractivity contribution is 5.85. The first kappa shape index (κ1) is 99.1. The van der Waals surface area contributed by atoms with Gasteiger partial charge in [-0.25, -0.2) is 19.0 Å². The van der Waals surface area contributed by atoms with E-state index in [1.165, 1.54) is 53.4 Å². The number of carbonyl (C=O) groups is 2. The Morgan fingerprint density at radius 2 is 0.760 bits per heavy atom. The minimum absolute atomic E-state index is 0.0361. The van der Waals surface area contributed by atoms with Crippen molar-refractivity contribution >= 4 is 18.1 Å². The lowest BCUT2D eigenvalue weighted by Gasteiger charge is -2.29. The number of hydrogen-bond acceptors (Lipinski definition) is 11. The zero-order valence-electron chi connectivity index (χ0n) is 70.4. The zero-order chi connectivity index (χ0) is 96.0. The second-order valence-electron chi connectivity index (χ2n) is 31.7. The molecule has 1 unspecified atom stereocenters. The summed E-state index contributed by atoms with van der Waals surface area (Å²) in [7, 11) is 4.08. The Morgan fingerprint density at radius 3 is 1.12 bits per heavy atom. The van der Waals surface area contributed by atoms with Crippen LogP contribution in [0.1, 0.15) is 198 Å². The Balaban J connectivity index is 0.000000201. The van der Waals surface area contributed by atoms with Gasteiger partial charge < -0.3 is 28.6 Å². The molecule has 1 N–H and O–H groups in total. The lowest BCUT2D eigenvalue weighted by atomic mass is 9.89. The predicted molar refractivity (Wildman–Crippen MR) is 424 cm³/mol. The number of carbonyl (C=O) groups excluding carboxylic acids is 2. The maximum Gasteiger partial charge on any atom is 0.416 e. The van der Waals surface area contributed by atoms with Crippen molar-refractivity contribution in [3.05, 3.63) is 264 Å².